The summed E-state index contributed by atoms with van der Waals surface area (Å²) < 4.78 is 21.0. The van der Waals surface area contributed by atoms with E-state index >= 15 is 0 Å². The van der Waals surface area contributed by atoms with Crippen LogP contribution in [0.1, 0.15) is 58.9 Å². The number of nitrogens with zero attached hydrogens (tertiary/aromatic N) is 4. The Kier molecular flexibility index (Phi) is 6.29. The van der Waals surface area contributed by atoms with Crippen molar-refractivity contribution < 1.29 is 28.6 Å². The lowest BCUT2D eigenvalue weighted by atomic mass is 9.82. The molecule has 0 unspecified atom stereocenters. The molecule has 0 N–H and O–H groups in total. The molecule has 1 amide bonds. The van der Waals surface area contributed by atoms with Gasteiger partial charge in [0.05, 0.1) is 30.8 Å². The molecule has 1 saturated carbocycles. The van der Waals surface area contributed by atoms with Crippen molar-refractivity contribution in [1.29, 1.82) is 0 Å². The number of piperidine rings is 1. The van der Waals surface area contributed by atoms with Crippen molar-refractivity contribution in [3.63, 3.8) is 0 Å². The van der Waals surface area contributed by atoms with E-state index in [1.54, 1.807) is 16.9 Å². The average molecular weight is 569 g/mol. The molecule has 4 aromatic rings. The van der Waals surface area contributed by atoms with Gasteiger partial charge >= 0.3 is 5.97 Å². The Morgan fingerprint density at radius 3 is 2.62 bits per heavy atom. The Morgan fingerprint density at radius 1 is 1.10 bits per heavy atom. The number of carbonyl (C=O) groups excluding carboxylic acids is 3. The van der Waals surface area contributed by atoms with Gasteiger partial charge in [-0.05, 0) is 48.7 Å². The highest BCUT2D eigenvalue weighted by molar-refractivity contribution is 6.02. The lowest BCUT2D eigenvalue weighted by molar-refractivity contribution is -0.142. The first-order chi connectivity index (χ1) is 20.3. The summed E-state index contributed by atoms with van der Waals surface area (Å²) >= 11 is 0. The zero-order chi connectivity index (χ0) is 29.0. The van der Waals surface area contributed by atoms with Crippen LogP contribution in [-0.2, 0) is 16.6 Å². The number of amides is 1. The summed E-state index contributed by atoms with van der Waals surface area (Å²) in [4.78, 5) is 40.7. The van der Waals surface area contributed by atoms with E-state index in [0.29, 0.717) is 54.6 Å². The first-order valence-corrected chi connectivity index (χ1v) is 14.3. The van der Waals surface area contributed by atoms with Crippen molar-refractivity contribution in [3.05, 3.63) is 66.1 Å². The van der Waals surface area contributed by atoms with Crippen LogP contribution in [0.4, 0.5) is 0 Å². The van der Waals surface area contributed by atoms with Crippen molar-refractivity contribution in [2.75, 3.05) is 26.8 Å². The molecule has 0 bridgehead atoms. The number of carbonyl (C=O) groups is 3. The average Bonchev–Trinajstić information content (AvgIpc) is 3.60. The molecule has 2 aromatic heterocycles. The maximum absolute atomic E-state index is 13.8. The van der Waals surface area contributed by atoms with Crippen LogP contribution < -0.4 is 9.47 Å². The summed E-state index contributed by atoms with van der Waals surface area (Å²) in [5.41, 5.74) is 3.26. The van der Waals surface area contributed by atoms with Crippen molar-refractivity contribution >= 4 is 28.6 Å². The van der Waals surface area contributed by atoms with Crippen LogP contribution in [0.3, 0.4) is 0 Å². The number of aryl methyl sites for hydroxylation is 1. The van der Waals surface area contributed by atoms with Crippen molar-refractivity contribution in [1.82, 2.24) is 19.2 Å². The molecule has 216 valence electrons. The number of hydrogen-bond acceptors (Lipinski definition) is 7. The van der Waals surface area contributed by atoms with Crippen molar-refractivity contribution in [2.45, 2.75) is 43.7 Å². The third-order valence-electron chi connectivity index (χ3n) is 8.65. The predicted octanol–water partition coefficient (Wildman–Crippen LogP) is 4.57. The summed E-state index contributed by atoms with van der Waals surface area (Å²) in [7, 11) is 3.18. The number of benzene rings is 2. The second-order valence-corrected chi connectivity index (χ2v) is 11.5. The molecule has 2 aromatic carbocycles. The summed E-state index contributed by atoms with van der Waals surface area (Å²) in [6, 6.07) is 11.7. The van der Waals surface area contributed by atoms with E-state index in [-0.39, 0.29) is 24.7 Å². The minimum Gasteiger partial charge on any atom is -0.486 e. The number of esters is 1. The van der Waals surface area contributed by atoms with Crippen LogP contribution >= 0.6 is 0 Å². The molecule has 10 nitrogen and oxygen atoms in total. The summed E-state index contributed by atoms with van der Waals surface area (Å²) in [6.45, 7) is 0.700. The molecule has 42 heavy (non-hydrogen) atoms. The van der Waals surface area contributed by atoms with Crippen LogP contribution in [-0.4, -0.2) is 69.3 Å². The number of hydrogen-bond donors (Lipinski definition) is 0. The van der Waals surface area contributed by atoms with E-state index in [2.05, 4.69) is 9.67 Å². The van der Waals surface area contributed by atoms with Gasteiger partial charge in [0.15, 0.2) is 12.4 Å². The molecular weight excluding hydrogens is 536 g/mol. The van der Waals surface area contributed by atoms with Gasteiger partial charge in [-0.2, -0.15) is 5.10 Å². The van der Waals surface area contributed by atoms with Gasteiger partial charge in [0.25, 0.3) is 5.91 Å². The molecule has 0 atom stereocenters. The molecular formula is C32H32N4O6. The van der Waals surface area contributed by atoms with Crippen molar-refractivity contribution in [2.24, 2.45) is 7.05 Å². The number of aromatic nitrogens is 3. The van der Waals surface area contributed by atoms with Crippen LogP contribution in [0, 0.1) is 0 Å². The minimum absolute atomic E-state index is 0.0560. The maximum atomic E-state index is 13.8. The summed E-state index contributed by atoms with van der Waals surface area (Å²) in [5, 5.41) is 5.09. The standard InChI is InChI=1S/C32H32N4O6/c1-34-18-22(17-33-34)20-3-6-28-25(13-20)27(37)16-32(42-28)8-11-35(12-9-32)31(39)21-14-26-24(7-10-36(26)23-4-5-23)29(15-21)41-19-30(38)40-2/h3,6-7,10,13-15,17-18,23H,4-5,8-9,11-12,16,19H2,1-2H3. The van der Waals surface area contributed by atoms with Crippen LogP contribution in [0.2, 0.25) is 0 Å². The first-order valence-electron chi connectivity index (χ1n) is 14.3. The summed E-state index contributed by atoms with van der Waals surface area (Å²) in [6.07, 6.45) is 9.30. The van der Waals surface area contributed by atoms with Gasteiger partial charge in [-0.25, -0.2) is 4.79 Å². The number of rotatable bonds is 6. The van der Waals surface area contributed by atoms with E-state index in [1.807, 2.05) is 54.7 Å². The van der Waals surface area contributed by atoms with E-state index < -0.39 is 11.6 Å². The van der Waals surface area contributed by atoms with Crippen LogP contribution in [0.5, 0.6) is 11.5 Å². The number of ketones is 1. The molecule has 2 aliphatic heterocycles. The molecule has 1 aliphatic carbocycles. The quantitative estimate of drug-likeness (QED) is 0.314. The fraction of sp³-hybridized carbons (Fsp3) is 0.375. The minimum atomic E-state index is -0.629. The van der Waals surface area contributed by atoms with E-state index in [1.165, 1.54) is 7.11 Å². The number of fused-ring (bicyclic) bond motifs is 2. The highest BCUT2D eigenvalue weighted by atomic mass is 16.6. The lowest BCUT2D eigenvalue weighted by Crippen LogP contribution is -2.52. The number of methoxy groups -OCH3 is 1. The molecule has 1 saturated heterocycles. The second kappa shape index (κ2) is 10.0. The highest BCUT2D eigenvalue weighted by Gasteiger charge is 2.44. The third-order valence-corrected chi connectivity index (χ3v) is 8.65. The van der Waals surface area contributed by atoms with Gasteiger partial charge < -0.3 is 23.7 Å². The van der Waals surface area contributed by atoms with Gasteiger partial charge in [-0.1, -0.05) is 6.07 Å². The molecule has 3 aliphatic rings. The second-order valence-electron chi connectivity index (χ2n) is 11.5. The van der Waals surface area contributed by atoms with Crippen LogP contribution in [0.25, 0.3) is 22.0 Å². The number of Topliss-reactive ketones (excluding diaryl/α,β-unsaturated/α-hetero) is 1. The number of ether oxygens (including phenoxy) is 3. The molecule has 2 fully saturated rings. The fourth-order valence-electron chi connectivity index (χ4n) is 6.16. The lowest BCUT2D eigenvalue weighted by Gasteiger charge is -2.44. The zero-order valence-corrected chi connectivity index (χ0v) is 23.7. The predicted molar refractivity (Wildman–Crippen MR) is 154 cm³/mol. The fourth-order valence-corrected chi connectivity index (χ4v) is 6.16. The smallest absolute Gasteiger partial charge is 0.343 e. The molecule has 1 spiro atoms. The zero-order valence-electron chi connectivity index (χ0n) is 23.7. The SMILES string of the molecule is COC(=O)COc1cc(C(=O)N2CCC3(CC2)CC(=O)c2cc(-c4cnn(C)c4)ccc2O3)cc2c1ccn2C1CC1. The topological polar surface area (TPSA) is 105 Å². The van der Waals surface area contributed by atoms with Crippen molar-refractivity contribution in [3.8, 4) is 22.6 Å². The molecule has 10 heteroatoms. The van der Waals surface area contributed by atoms with Crippen LogP contribution in [0.15, 0.2) is 55.0 Å². The third kappa shape index (κ3) is 4.70. The van der Waals surface area contributed by atoms with E-state index in [0.717, 1.165) is 34.9 Å². The summed E-state index contributed by atoms with van der Waals surface area (Å²) in [5.74, 6) is 0.539. The maximum Gasteiger partial charge on any atom is 0.343 e. The Morgan fingerprint density at radius 2 is 1.90 bits per heavy atom. The number of likely N-dealkylation sites (tertiary alicyclic amines) is 1. The van der Waals surface area contributed by atoms with Gasteiger partial charge in [-0.3, -0.25) is 14.3 Å². The Labute approximate surface area is 242 Å². The van der Waals surface area contributed by atoms with Gasteiger partial charge in [0, 0.05) is 67.9 Å². The van der Waals surface area contributed by atoms with E-state index in [9.17, 15) is 14.4 Å². The van der Waals surface area contributed by atoms with Gasteiger partial charge in [0.1, 0.15) is 17.1 Å². The monoisotopic (exact) mass is 568 g/mol. The molecule has 7 rings (SSSR count). The van der Waals surface area contributed by atoms with E-state index in [4.69, 9.17) is 14.2 Å². The normalized spacial score (nSPS) is 17.7. The Hall–Kier alpha value is -4.60. The largest absolute Gasteiger partial charge is 0.486 e. The first kappa shape index (κ1) is 26.3. The highest BCUT2D eigenvalue weighted by Crippen LogP contribution is 2.42. The molecule has 4 heterocycles. The Bertz CT molecular complexity index is 1720. The molecule has 0 radical (unpaired) electrons. The van der Waals surface area contributed by atoms with Gasteiger partial charge in [-0.15, -0.1) is 0 Å². The van der Waals surface area contributed by atoms with Gasteiger partial charge in [0.2, 0.25) is 0 Å². The Balaban J connectivity index is 1.09.